The summed E-state index contributed by atoms with van der Waals surface area (Å²) in [5.74, 6) is 0.856. The van der Waals surface area contributed by atoms with Gasteiger partial charge in [0.25, 0.3) is 5.91 Å². The number of carbonyl (C=O) groups is 1. The molecule has 0 bridgehead atoms. The lowest BCUT2D eigenvalue weighted by Gasteiger charge is -2.28. The minimum absolute atomic E-state index is 0.0236. The van der Waals surface area contributed by atoms with Crippen LogP contribution >= 0.6 is 0 Å². The number of hydrogen-bond acceptors (Lipinski definition) is 2. The number of benzene rings is 2. The maximum Gasteiger partial charge on any atom is 0.250 e. The third-order valence-corrected chi connectivity index (χ3v) is 4.46. The zero-order valence-corrected chi connectivity index (χ0v) is 14.8. The first-order valence-corrected chi connectivity index (χ1v) is 9.09. The molecule has 0 aromatic heterocycles. The van der Waals surface area contributed by atoms with Gasteiger partial charge in [-0.25, -0.2) is 0 Å². The van der Waals surface area contributed by atoms with Crippen molar-refractivity contribution >= 4 is 17.7 Å². The molecule has 25 heavy (non-hydrogen) atoms. The van der Waals surface area contributed by atoms with Crippen LogP contribution in [0.3, 0.4) is 0 Å². The van der Waals surface area contributed by atoms with Crippen LogP contribution < -0.4 is 9.64 Å². The molecule has 2 aromatic carbocycles. The van der Waals surface area contributed by atoms with Crippen molar-refractivity contribution < 1.29 is 9.53 Å². The van der Waals surface area contributed by atoms with Crippen molar-refractivity contribution in [3.63, 3.8) is 0 Å². The fourth-order valence-electron chi connectivity index (χ4n) is 3.09. The predicted molar refractivity (Wildman–Crippen MR) is 103 cm³/mol. The van der Waals surface area contributed by atoms with Crippen LogP contribution in [-0.2, 0) is 11.2 Å². The quantitative estimate of drug-likeness (QED) is 0.557. The minimum atomic E-state index is 0.0236. The van der Waals surface area contributed by atoms with Gasteiger partial charge < -0.3 is 9.64 Å². The summed E-state index contributed by atoms with van der Waals surface area (Å²) in [6.45, 7) is 3.62. The zero-order valence-electron chi connectivity index (χ0n) is 14.8. The predicted octanol–water partition coefficient (Wildman–Crippen LogP) is 4.86. The maximum atomic E-state index is 12.7. The molecule has 0 unspecified atom stereocenters. The maximum absolute atomic E-state index is 12.7. The highest BCUT2D eigenvalue weighted by Gasteiger charge is 2.20. The van der Waals surface area contributed by atoms with Crippen molar-refractivity contribution in [2.75, 3.05) is 18.1 Å². The summed E-state index contributed by atoms with van der Waals surface area (Å²) in [6, 6.07) is 16.0. The van der Waals surface area contributed by atoms with Crippen molar-refractivity contribution in [3.8, 4) is 5.75 Å². The number of ether oxygens (including phenoxy) is 1. The molecule has 1 aliphatic rings. The Morgan fingerprint density at radius 3 is 2.84 bits per heavy atom. The third kappa shape index (κ3) is 4.30. The SMILES string of the molecule is CCCCOc1ccccc1/C=C/C(=O)N1CCCc2ccccc21. The first-order chi connectivity index (χ1) is 12.3. The van der Waals surface area contributed by atoms with Gasteiger partial charge in [-0.05, 0) is 43.0 Å². The minimum Gasteiger partial charge on any atom is -0.493 e. The number of anilines is 1. The molecule has 2 aromatic rings. The molecule has 1 amide bonds. The van der Waals surface area contributed by atoms with Gasteiger partial charge in [-0.2, -0.15) is 0 Å². The van der Waals surface area contributed by atoms with Crippen LogP contribution in [-0.4, -0.2) is 19.1 Å². The molecular formula is C22H25NO2. The summed E-state index contributed by atoms with van der Waals surface area (Å²) in [5.41, 5.74) is 3.23. The van der Waals surface area contributed by atoms with Gasteiger partial charge in [0.1, 0.15) is 5.75 Å². The van der Waals surface area contributed by atoms with Crippen molar-refractivity contribution in [1.29, 1.82) is 0 Å². The highest BCUT2D eigenvalue weighted by Crippen LogP contribution is 2.27. The molecule has 0 fully saturated rings. The van der Waals surface area contributed by atoms with E-state index >= 15 is 0 Å². The standard InChI is InChI=1S/C22H25NO2/c1-2-3-17-25-21-13-7-5-10-19(21)14-15-22(24)23-16-8-11-18-9-4-6-12-20(18)23/h4-7,9-10,12-15H,2-3,8,11,16-17H2,1H3/b15-14+. The Hall–Kier alpha value is -2.55. The van der Waals surface area contributed by atoms with Crippen LogP contribution in [0.5, 0.6) is 5.75 Å². The first kappa shape index (κ1) is 17.3. The topological polar surface area (TPSA) is 29.5 Å². The smallest absolute Gasteiger partial charge is 0.250 e. The first-order valence-electron chi connectivity index (χ1n) is 9.09. The lowest BCUT2D eigenvalue weighted by atomic mass is 10.0. The number of para-hydroxylation sites is 2. The molecule has 130 valence electrons. The Labute approximate surface area is 149 Å². The number of nitrogens with zero attached hydrogens (tertiary/aromatic N) is 1. The number of aryl methyl sites for hydroxylation is 1. The van der Waals surface area contributed by atoms with Gasteiger partial charge in [-0.1, -0.05) is 49.7 Å². The van der Waals surface area contributed by atoms with Crippen LogP contribution in [0, 0.1) is 0 Å². The van der Waals surface area contributed by atoms with Gasteiger partial charge in [-0.15, -0.1) is 0 Å². The van der Waals surface area contributed by atoms with Crippen LogP contribution in [0.2, 0.25) is 0 Å². The third-order valence-electron chi connectivity index (χ3n) is 4.46. The summed E-state index contributed by atoms with van der Waals surface area (Å²) in [4.78, 5) is 14.6. The average Bonchev–Trinajstić information content (AvgIpc) is 2.66. The Bertz CT molecular complexity index is 751. The van der Waals surface area contributed by atoms with Crippen molar-refractivity contribution in [2.24, 2.45) is 0 Å². The van der Waals surface area contributed by atoms with Crippen molar-refractivity contribution in [3.05, 3.63) is 65.7 Å². The highest BCUT2D eigenvalue weighted by molar-refractivity contribution is 6.04. The normalized spacial score (nSPS) is 13.7. The van der Waals surface area contributed by atoms with Gasteiger partial charge >= 0.3 is 0 Å². The van der Waals surface area contributed by atoms with Gasteiger partial charge in [0.05, 0.1) is 6.61 Å². The second kappa shape index (κ2) is 8.52. The Morgan fingerprint density at radius 1 is 1.16 bits per heavy atom. The molecule has 0 aliphatic carbocycles. The Balaban J connectivity index is 1.74. The number of carbonyl (C=O) groups excluding carboxylic acids is 1. The second-order valence-electron chi connectivity index (χ2n) is 6.30. The largest absolute Gasteiger partial charge is 0.493 e. The van der Waals surface area contributed by atoms with E-state index < -0.39 is 0 Å². The fourth-order valence-corrected chi connectivity index (χ4v) is 3.09. The van der Waals surface area contributed by atoms with E-state index in [0.29, 0.717) is 6.61 Å². The van der Waals surface area contributed by atoms with E-state index in [1.165, 1.54) is 5.56 Å². The van der Waals surface area contributed by atoms with Crippen molar-refractivity contribution in [1.82, 2.24) is 0 Å². The molecule has 3 rings (SSSR count). The number of hydrogen-bond donors (Lipinski definition) is 0. The van der Waals surface area contributed by atoms with Crippen LogP contribution in [0.25, 0.3) is 6.08 Å². The molecule has 0 saturated heterocycles. The van der Waals surface area contributed by atoms with Gasteiger partial charge in [-0.3, -0.25) is 4.79 Å². The molecule has 0 spiro atoms. The van der Waals surface area contributed by atoms with Gasteiger partial charge in [0.15, 0.2) is 0 Å². The van der Waals surface area contributed by atoms with E-state index in [4.69, 9.17) is 4.74 Å². The molecule has 1 aliphatic heterocycles. The van der Waals surface area contributed by atoms with E-state index in [9.17, 15) is 4.79 Å². The molecule has 3 heteroatoms. The van der Waals surface area contributed by atoms with E-state index in [0.717, 1.165) is 49.2 Å². The van der Waals surface area contributed by atoms with E-state index in [2.05, 4.69) is 13.0 Å². The van der Waals surface area contributed by atoms with Crippen molar-refractivity contribution in [2.45, 2.75) is 32.6 Å². The zero-order chi connectivity index (χ0) is 17.5. The van der Waals surface area contributed by atoms with Gasteiger partial charge in [0.2, 0.25) is 0 Å². The van der Waals surface area contributed by atoms with Crippen LogP contribution in [0.15, 0.2) is 54.6 Å². The average molecular weight is 335 g/mol. The van der Waals surface area contributed by atoms with Gasteiger partial charge in [0, 0.05) is 23.9 Å². The summed E-state index contributed by atoms with van der Waals surface area (Å²) in [5, 5.41) is 0. The monoisotopic (exact) mass is 335 g/mol. The summed E-state index contributed by atoms with van der Waals surface area (Å²) >= 11 is 0. The molecule has 1 heterocycles. The van der Waals surface area contributed by atoms with E-state index in [1.807, 2.05) is 53.4 Å². The lowest BCUT2D eigenvalue weighted by Crippen LogP contribution is -2.34. The number of rotatable bonds is 6. The summed E-state index contributed by atoms with van der Waals surface area (Å²) < 4.78 is 5.84. The van der Waals surface area contributed by atoms with E-state index in [1.54, 1.807) is 6.08 Å². The molecule has 0 N–H and O–H groups in total. The number of fused-ring (bicyclic) bond motifs is 1. The molecular weight excluding hydrogens is 310 g/mol. The van der Waals surface area contributed by atoms with Crippen LogP contribution in [0.4, 0.5) is 5.69 Å². The van der Waals surface area contributed by atoms with Crippen LogP contribution in [0.1, 0.15) is 37.3 Å². The lowest BCUT2D eigenvalue weighted by molar-refractivity contribution is -0.114. The highest BCUT2D eigenvalue weighted by atomic mass is 16.5. The fraction of sp³-hybridized carbons (Fsp3) is 0.318. The Morgan fingerprint density at radius 2 is 1.96 bits per heavy atom. The summed E-state index contributed by atoms with van der Waals surface area (Å²) in [7, 11) is 0. The van der Waals surface area contributed by atoms with E-state index in [-0.39, 0.29) is 5.91 Å². The second-order valence-corrected chi connectivity index (χ2v) is 6.30. The Kier molecular flexibility index (Phi) is 5.89. The number of unbranched alkanes of at least 4 members (excludes halogenated alkanes) is 1. The molecule has 3 nitrogen and oxygen atoms in total. The molecule has 0 saturated carbocycles. The molecule has 0 radical (unpaired) electrons. The molecule has 0 atom stereocenters. The summed E-state index contributed by atoms with van der Waals surface area (Å²) in [6.07, 6.45) is 7.70. The number of amides is 1.